The normalized spacial score (nSPS) is 21.9. The van der Waals surface area contributed by atoms with E-state index < -0.39 is 0 Å². The Morgan fingerprint density at radius 2 is 1.88 bits per heavy atom. The lowest BCUT2D eigenvalue weighted by Crippen LogP contribution is -2.55. The van der Waals surface area contributed by atoms with Crippen LogP contribution in [0.2, 0.25) is 5.02 Å². The first kappa shape index (κ1) is 11.8. The molecule has 0 unspecified atom stereocenters. The molecule has 0 N–H and O–H groups in total. The molecule has 2 aliphatic rings. The van der Waals surface area contributed by atoms with Crippen LogP contribution in [0, 0.1) is 11.2 Å². The molecule has 1 aromatic rings. The van der Waals surface area contributed by atoms with Crippen LogP contribution < -0.4 is 4.90 Å². The second-order valence-electron chi connectivity index (χ2n) is 5.28. The Morgan fingerprint density at radius 1 is 1.24 bits per heavy atom. The Hall–Kier alpha value is -0.280. The molecule has 4 heteroatoms. The summed E-state index contributed by atoms with van der Waals surface area (Å²) < 4.78 is 13.9. The van der Waals surface area contributed by atoms with Gasteiger partial charge in [0.25, 0.3) is 0 Å². The smallest absolute Gasteiger partial charge is 0.125 e. The van der Waals surface area contributed by atoms with Gasteiger partial charge in [0.1, 0.15) is 5.82 Å². The highest BCUT2D eigenvalue weighted by molar-refractivity contribution is 9.10. The van der Waals surface area contributed by atoms with Gasteiger partial charge in [-0.05, 0) is 40.9 Å². The summed E-state index contributed by atoms with van der Waals surface area (Å²) in [6, 6.07) is 2.88. The molecule has 0 amide bonds. The van der Waals surface area contributed by atoms with Crippen LogP contribution in [0.15, 0.2) is 16.6 Å². The van der Waals surface area contributed by atoms with Gasteiger partial charge < -0.3 is 4.90 Å². The van der Waals surface area contributed by atoms with Crippen molar-refractivity contribution in [1.82, 2.24) is 0 Å². The van der Waals surface area contributed by atoms with Crippen LogP contribution in [-0.2, 0) is 0 Å². The number of nitrogens with zero attached hydrogens (tertiary/aromatic N) is 1. The van der Waals surface area contributed by atoms with Crippen molar-refractivity contribution in [1.29, 1.82) is 0 Å². The zero-order valence-electron chi connectivity index (χ0n) is 9.48. The summed E-state index contributed by atoms with van der Waals surface area (Å²) in [5.74, 6) is -0.290. The first-order valence-corrected chi connectivity index (χ1v) is 7.16. The lowest BCUT2D eigenvalue weighted by atomic mass is 9.78. The van der Waals surface area contributed by atoms with Gasteiger partial charge in [0.05, 0.1) is 10.7 Å². The molecule has 1 nitrogen and oxygen atoms in total. The molecule has 0 aromatic heterocycles. The molecular weight excluding hydrogens is 305 g/mol. The third kappa shape index (κ3) is 1.97. The summed E-state index contributed by atoms with van der Waals surface area (Å²) in [7, 11) is 0. The second kappa shape index (κ2) is 4.13. The van der Waals surface area contributed by atoms with Crippen molar-refractivity contribution in [3.63, 3.8) is 0 Å². The van der Waals surface area contributed by atoms with Crippen LogP contribution >= 0.6 is 27.5 Å². The van der Waals surface area contributed by atoms with Gasteiger partial charge in [-0.15, -0.1) is 0 Å². The summed E-state index contributed by atoms with van der Waals surface area (Å²) in [4.78, 5) is 2.26. The number of rotatable bonds is 1. The van der Waals surface area contributed by atoms with Crippen molar-refractivity contribution in [3.8, 4) is 0 Å². The van der Waals surface area contributed by atoms with E-state index in [2.05, 4.69) is 20.8 Å². The lowest BCUT2D eigenvalue weighted by Gasteiger charge is -2.50. The Labute approximate surface area is 114 Å². The SMILES string of the molecule is Fc1cc(Cl)c(N2CC3(CCCC3)C2)c(Br)c1. The molecule has 1 aliphatic heterocycles. The molecule has 2 fully saturated rings. The lowest BCUT2D eigenvalue weighted by molar-refractivity contribution is 0.221. The van der Waals surface area contributed by atoms with E-state index in [-0.39, 0.29) is 5.82 Å². The van der Waals surface area contributed by atoms with Crippen molar-refractivity contribution in [2.75, 3.05) is 18.0 Å². The number of halogens is 3. The predicted octanol–water partition coefficient (Wildman–Crippen LogP) is 4.62. The fourth-order valence-corrected chi connectivity index (χ4v) is 4.32. The molecule has 1 heterocycles. The van der Waals surface area contributed by atoms with Gasteiger partial charge in [-0.2, -0.15) is 0 Å². The van der Waals surface area contributed by atoms with E-state index in [4.69, 9.17) is 11.6 Å². The number of hydrogen-bond donors (Lipinski definition) is 0. The van der Waals surface area contributed by atoms with Crippen LogP contribution in [0.4, 0.5) is 10.1 Å². The van der Waals surface area contributed by atoms with Gasteiger partial charge in [0, 0.05) is 23.0 Å². The summed E-state index contributed by atoms with van der Waals surface area (Å²) in [5, 5.41) is 0.504. The van der Waals surface area contributed by atoms with Gasteiger partial charge in [-0.3, -0.25) is 0 Å². The van der Waals surface area contributed by atoms with Gasteiger partial charge in [-0.25, -0.2) is 4.39 Å². The Kier molecular flexibility index (Phi) is 2.86. The molecule has 1 spiro atoms. The summed E-state index contributed by atoms with van der Waals surface area (Å²) >= 11 is 9.53. The highest BCUT2D eigenvalue weighted by Gasteiger charge is 2.45. The van der Waals surface area contributed by atoms with E-state index in [0.717, 1.165) is 23.2 Å². The van der Waals surface area contributed by atoms with Gasteiger partial charge in [0.2, 0.25) is 0 Å². The fraction of sp³-hybridized carbons (Fsp3) is 0.538. The molecule has 17 heavy (non-hydrogen) atoms. The van der Waals surface area contributed by atoms with Gasteiger partial charge >= 0.3 is 0 Å². The zero-order valence-corrected chi connectivity index (χ0v) is 11.8. The first-order valence-electron chi connectivity index (χ1n) is 5.99. The van der Waals surface area contributed by atoms with E-state index in [9.17, 15) is 4.39 Å². The molecule has 92 valence electrons. The highest BCUT2D eigenvalue weighted by atomic mass is 79.9. The molecule has 1 saturated carbocycles. The van der Waals surface area contributed by atoms with Crippen molar-refractivity contribution in [2.24, 2.45) is 5.41 Å². The highest BCUT2D eigenvalue weighted by Crippen LogP contribution is 2.49. The third-order valence-corrected chi connectivity index (χ3v) is 4.91. The summed E-state index contributed by atoms with van der Waals surface area (Å²) in [6.07, 6.45) is 5.37. The average Bonchev–Trinajstić information content (AvgIpc) is 2.63. The van der Waals surface area contributed by atoms with Crippen LogP contribution in [-0.4, -0.2) is 13.1 Å². The predicted molar refractivity (Wildman–Crippen MR) is 72.2 cm³/mol. The van der Waals surface area contributed by atoms with Gasteiger partial charge in [-0.1, -0.05) is 24.4 Å². The quantitative estimate of drug-likeness (QED) is 0.730. The Morgan fingerprint density at radius 3 is 2.47 bits per heavy atom. The third-order valence-electron chi connectivity index (χ3n) is 4.01. The van der Waals surface area contributed by atoms with Gasteiger partial charge in [0.15, 0.2) is 0 Å². The van der Waals surface area contributed by atoms with Crippen molar-refractivity contribution < 1.29 is 4.39 Å². The standard InChI is InChI=1S/C13H14BrClFN/c14-10-5-9(16)6-11(15)12(10)17-7-13(8-17)3-1-2-4-13/h5-6H,1-4,7-8H2. The van der Waals surface area contributed by atoms with E-state index in [0.29, 0.717) is 10.4 Å². The monoisotopic (exact) mass is 317 g/mol. The minimum Gasteiger partial charge on any atom is -0.368 e. The molecule has 0 bridgehead atoms. The molecule has 0 radical (unpaired) electrons. The number of hydrogen-bond acceptors (Lipinski definition) is 1. The topological polar surface area (TPSA) is 3.24 Å². The summed E-state index contributed by atoms with van der Waals surface area (Å²) in [6.45, 7) is 2.13. The van der Waals surface area contributed by atoms with E-state index in [1.807, 2.05) is 0 Å². The fourth-order valence-electron chi connectivity index (χ4n) is 3.20. The Balaban J connectivity index is 1.83. The van der Waals surface area contributed by atoms with Crippen LogP contribution in [0.1, 0.15) is 25.7 Å². The largest absolute Gasteiger partial charge is 0.368 e. The number of anilines is 1. The Bertz CT molecular complexity index is 426. The van der Waals surface area contributed by atoms with Crippen LogP contribution in [0.3, 0.4) is 0 Å². The van der Waals surface area contributed by atoms with Crippen molar-refractivity contribution in [2.45, 2.75) is 25.7 Å². The van der Waals surface area contributed by atoms with Crippen LogP contribution in [0.5, 0.6) is 0 Å². The first-order chi connectivity index (χ1) is 8.10. The maximum atomic E-state index is 13.2. The van der Waals surface area contributed by atoms with E-state index >= 15 is 0 Å². The molecule has 1 aromatic carbocycles. The second-order valence-corrected chi connectivity index (χ2v) is 6.54. The molecule has 3 rings (SSSR count). The average molecular weight is 319 g/mol. The van der Waals surface area contributed by atoms with Crippen molar-refractivity contribution in [3.05, 3.63) is 27.4 Å². The van der Waals surface area contributed by atoms with E-state index in [1.165, 1.54) is 37.8 Å². The summed E-state index contributed by atoms with van der Waals surface area (Å²) in [5.41, 5.74) is 1.47. The maximum Gasteiger partial charge on any atom is 0.125 e. The molecular formula is C13H14BrClFN. The molecule has 0 atom stereocenters. The minimum atomic E-state index is -0.290. The minimum absolute atomic E-state index is 0.290. The van der Waals surface area contributed by atoms with Crippen LogP contribution in [0.25, 0.3) is 0 Å². The van der Waals surface area contributed by atoms with E-state index in [1.54, 1.807) is 0 Å². The number of benzene rings is 1. The molecule has 1 saturated heterocycles. The zero-order chi connectivity index (χ0) is 12.0. The molecule has 1 aliphatic carbocycles. The van der Waals surface area contributed by atoms with Crippen molar-refractivity contribution >= 4 is 33.2 Å². The maximum absolute atomic E-state index is 13.2.